The van der Waals surface area contributed by atoms with Crippen LogP contribution in [0, 0.1) is 27.7 Å². The molecule has 0 amide bonds. The zero-order chi connectivity index (χ0) is 18.9. The van der Waals surface area contributed by atoms with E-state index in [1.54, 1.807) is 12.1 Å². The Morgan fingerprint density at radius 3 is 2.62 bits per heavy atom. The predicted octanol–water partition coefficient (Wildman–Crippen LogP) is 2.94. The molecule has 0 radical (unpaired) electrons. The molecule has 6 nitrogen and oxygen atoms in total. The second-order valence-electron chi connectivity index (χ2n) is 6.91. The monoisotopic (exact) mass is 375 g/mol. The highest BCUT2D eigenvalue weighted by atomic mass is 32.2. The van der Waals surface area contributed by atoms with Crippen molar-refractivity contribution in [2.75, 3.05) is 13.1 Å². The molecule has 0 aliphatic carbocycles. The number of hydrogen-bond donors (Lipinski definition) is 0. The van der Waals surface area contributed by atoms with E-state index in [0.29, 0.717) is 29.7 Å². The zero-order valence-corrected chi connectivity index (χ0v) is 16.5. The summed E-state index contributed by atoms with van der Waals surface area (Å²) in [6.07, 6.45) is 1.36. The van der Waals surface area contributed by atoms with Crippen LogP contribution in [0.2, 0.25) is 0 Å². The number of ether oxygens (including phenoxy) is 1. The van der Waals surface area contributed by atoms with Crippen molar-refractivity contribution in [2.45, 2.75) is 51.5 Å². The molecule has 0 spiro atoms. The molecule has 1 aliphatic heterocycles. The van der Waals surface area contributed by atoms with E-state index in [2.05, 4.69) is 9.97 Å². The third kappa shape index (κ3) is 4.04. The highest BCUT2D eigenvalue weighted by molar-refractivity contribution is 7.89. The second-order valence-corrected chi connectivity index (χ2v) is 8.82. The number of aromatic nitrogens is 2. The molecule has 26 heavy (non-hydrogen) atoms. The maximum atomic E-state index is 13.1. The van der Waals surface area contributed by atoms with Gasteiger partial charge in [-0.1, -0.05) is 12.1 Å². The Bertz CT molecular complexity index is 892. The second kappa shape index (κ2) is 7.32. The van der Waals surface area contributed by atoms with Crippen LogP contribution >= 0.6 is 0 Å². The van der Waals surface area contributed by atoms with Crippen molar-refractivity contribution in [3.8, 4) is 5.88 Å². The zero-order valence-electron chi connectivity index (χ0n) is 15.7. The summed E-state index contributed by atoms with van der Waals surface area (Å²) in [5.41, 5.74) is 2.54. The smallest absolute Gasteiger partial charge is 0.243 e. The van der Waals surface area contributed by atoms with Crippen LogP contribution in [0.4, 0.5) is 0 Å². The van der Waals surface area contributed by atoms with Crippen LogP contribution in [0.25, 0.3) is 0 Å². The van der Waals surface area contributed by atoms with Gasteiger partial charge in [0.1, 0.15) is 11.9 Å². The lowest BCUT2D eigenvalue weighted by atomic mass is 10.1. The van der Waals surface area contributed by atoms with Crippen molar-refractivity contribution in [1.29, 1.82) is 0 Å². The summed E-state index contributed by atoms with van der Waals surface area (Å²) in [6.45, 7) is 8.28. The topological polar surface area (TPSA) is 72.4 Å². The molecule has 3 rings (SSSR count). The van der Waals surface area contributed by atoms with Gasteiger partial charge in [0.2, 0.25) is 15.9 Å². The maximum absolute atomic E-state index is 13.1. The van der Waals surface area contributed by atoms with Gasteiger partial charge in [-0.25, -0.2) is 13.4 Å². The molecule has 1 atom stereocenters. The standard InChI is InChI=1S/C19H25N3O3S/c1-13-7-8-14(2)18(10-13)26(23,24)22-9-5-6-17(12-22)25-19-11-15(3)20-16(4)21-19/h7-8,10-11,17H,5-6,9,12H2,1-4H3/t17-/m0/s1. The first-order chi connectivity index (χ1) is 12.3. The Labute approximate surface area is 155 Å². The van der Waals surface area contributed by atoms with E-state index < -0.39 is 10.0 Å². The molecule has 1 aromatic carbocycles. The predicted molar refractivity (Wildman–Crippen MR) is 99.8 cm³/mol. The highest BCUT2D eigenvalue weighted by Gasteiger charge is 2.32. The van der Waals surface area contributed by atoms with E-state index in [9.17, 15) is 8.42 Å². The molecule has 1 aromatic heterocycles. The van der Waals surface area contributed by atoms with Gasteiger partial charge in [0.25, 0.3) is 0 Å². The molecule has 2 heterocycles. The van der Waals surface area contributed by atoms with E-state index >= 15 is 0 Å². The summed E-state index contributed by atoms with van der Waals surface area (Å²) in [5.74, 6) is 1.15. The highest BCUT2D eigenvalue weighted by Crippen LogP contribution is 2.26. The Balaban J connectivity index is 1.80. The number of rotatable bonds is 4. The fourth-order valence-corrected chi connectivity index (χ4v) is 5.08. The molecule has 0 unspecified atom stereocenters. The van der Waals surface area contributed by atoms with Gasteiger partial charge >= 0.3 is 0 Å². The lowest BCUT2D eigenvalue weighted by Crippen LogP contribution is -2.44. The van der Waals surface area contributed by atoms with Crippen LogP contribution in [0.1, 0.15) is 35.5 Å². The van der Waals surface area contributed by atoms with Crippen LogP contribution in [-0.4, -0.2) is 41.9 Å². The summed E-state index contributed by atoms with van der Waals surface area (Å²) in [6, 6.07) is 7.31. The number of piperidine rings is 1. The van der Waals surface area contributed by atoms with Gasteiger partial charge in [0, 0.05) is 18.3 Å². The molecule has 1 saturated heterocycles. The molecular weight excluding hydrogens is 350 g/mol. The Kier molecular flexibility index (Phi) is 5.29. The first kappa shape index (κ1) is 18.8. The lowest BCUT2D eigenvalue weighted by Gasteiger charge is -2.32. The van der Waals surface area contributed by atoms with Crippen LogP contribution in [0.3, 0.4) is 0 Å². The lowest BCUT2D eigenvalue weighted by molar-refractivity contribution is 0.124. The van der Waals surface area contributed by atoms with Crippen molar-refractivity contribution in [3.05, 3.63) is 46.9 Å². The minimum absolute atomic E-state index is 0.211. The fraction of sp³-hybridized carbons (Fsp3) is 0.474. The number of benzene rings is 1. The first-order valence-corrected chi connectivity index (χ1v) is 10.3. The quantitative estimate of drug-likeness (QED) is 0.821. The van der Waals surface area contributed by atoms with Crippen molar-refractivity contribution in [1.82, 2.24) is 14.3 Å². The van der Waals surface area contributed by atoms with Gasteiger partial charge < -0.3 is 4.74 Å². The summed E-state index contributed by atoms with van der Waals surface area (Å²) in [5, 5.41) is 0. The number of nitrogens with zero attached hydrogens (tertiary/aromatic N) is 3. The van der Waals surface area contributed by atoms with Crippen molar-refractivity contribution in [3.63, 3.8) is 0 Å². The van der Waals surface area contributed by atoms with E-state index in [-0.39, 0.29) is 6.10 Å². The minimum Gasteiger partial charge on any atom is -0.473 e. The molecule has 0 N–H and O–H groups in total. The van der Waals surface area contributed by atoms with Crippen molar-refractivity contribution in [2.24, 2.45) is 0 Å². The third-order valence-electron chi connectivity index (χ3n) is 4.53. The normalized spacial score (nSPS) is 18.7. The fourth-order valence-electron chi connectivity index (χ4n) is 3.26. The summed E-state index contributed by atoms with van der Waals surface area (Å²) < 4.78 is 33.7. The van der Waals surface area contributed by atoms with Gasteiger partial charge in [-0.05, 0) is 57.7 Å². The molecule has 0 saturated carbocycles. The van der Waals surface area contributed by atoms with Gasteiger partial charge in [-0.2, -0.15) is 9.29 Å². The average molecular weight is 375 g/mol. The van der Waals surface area contributed by atoms with Gasteiger partial charge in [0.15, 0.2) is 0 Å². The summed E-state index contributed by atoms with van der Waals surface area (Å²) in [4.78, 5) is 8.92. The molecule has 1 aliphatic rings. The molecule has 140 valence electrons. The van der Waals surface area contributed by atoms with Crippen LogP contribution < -0.4 is 4.74 Å². The minimum atomic E-state index is -3.54. The first-order valence-electron chi connectivity index (χ1n) is 8.82. The Morgan fingerprint density at radius 1 is 1.12 bits per heavy atom. The van der Waals surface area contributed by atoms with Crippen molar-refractivity contribution >= 4 is 10.0 Å². The molecule has 2 aromatic rings. The molecule has 1 fully saturated rings. The number of aryl methyl sites for hydroxylation is 4. The number of sulfonamides is 1. The Hall–Kier alpha value is -1.99. The van der Waals surface area contributed by atoms with E-state index in [1.165, 1.54) is 4.31 Å². The molecule has 7 heteroatoms. The van der Waals surface area contributed by atoms with Crippen LogP contribution in [-0.2, 0) is 10.0 Å². The van der Waals surface area contributed by atoms with E-state index in [0.717, 1.165) is 29.7 Å². The third-order valence-corrected chi connectivity index (χ3v) is 6.54. The van der Waals surface area contributed by atoms with Crippen molar-refractivity contribution < 1.29 is 13.2 Å². The maximum Gasteiger partial charge on any atom is 0.243 e. The Morgan fingerprint density at radius 2 is 1.88 bits per heavy atom. The average Bonchev–Trinajstić information content (AvgIpc) is 2.56. The number of hydrogen-bond acceptors (Lipinski definition) is 5. The largest absolute Gasteiger partial charge is 0.473 e. The van der Waals surface area contributed by atoms with Gasteiger partial charge in [-0.15, -0.1) is 0 Å². The summed E-state index contributed by atoms with van der Waals surface area (Å²) in [7, 11) is -3.54. The SMILES string of the molecule is Cc1ccc(C)c(S(=O)(=O)N2CCC[C@H](Oc3cc(C)nc(C)n3)C2)c1. The summed E-state index contributed by atoms with van der Waals surface area (Å²) >= 11 is 0. The van der Waals surface area contributed by atoms with E-state index in [1.807, 2.05) is 39.8 Å². The van der Waals surface area contributed by atoms with Crippen LogP contribution in [0.5, 0.6) is 5.88 Å². The van der Waals surface area contributed by atoms with Crippen LogP contribution in [0.15, 0.2) is 29.2 Å². The molecular formula is C19H25N3O3S. The molecule has 0 bridgehead atoms. The van der Waals surface area contributed by atoms with Gasteiger partial charge in [-0.3, -0.25) is 0 Å². The van der Waals surface area contributed by atoms with E-state index in [4.69, 9.17) is 4.74 Å². The van der Waals surface area contributed by atoms with Gasteiger partial charge in [0.05, 0.1) is 11.4 Å².